The third kappa shape index (κ3) is 4.09. The molecule has 1 N–H and O–H groups in total. The largest absolute Gasteiger partial charge is 0.485 e. The number of para-hydroxylation sites is 2. The first-order chi connectivity index (χ1) is 12.3. The van der Waals surface area contributed by atoms with Crippen molar-refractivity contribution in [1.29, 1.82) is 0 Å². The molecule has 0 aromatic heterocycles. The van der Waals surface area contributed by atoms with Crippen LogP contribution in [0.5, 0.6) is 11.5 Å². The smallest absolute Gasteiger partial charge is 0.264 e. The number of likely N-dealkylation sites (tertiary alicyclic amines) is 1. The molecule has 1 aromatic carbocycles. The molecule has 1 saturated carbocycles. The number of nitrogens with one attached hydrogen (secondary N) is 1. The van der Waals surface area contributed by atoms with E-state index in [1.165, 1.54) is 32.2 Å². The lowest BCUT2D eigenvalue weighted by Gasteiger charge is -2.34. The van der Waals surface area contributed by atoms with Crippen LogP contribution >= 0.6 is 0 Å². The van der Waals surface area contributed by atoms with Gasteiger partial charge in [0.2, 0.25) is 6.10 Å². The van der Waals surface area contributed by atoms with Crippen molar-refractivity contribution >= 4 is 5.91 Å². The van der Waals surface area contributed by atoms with Crippen LogP contribution in [0.4, 0.5) is 0 Å². The van der Waals surface area contributed by atoms with Crippen LogP contribution in [0.15, 0.2) is 24.3 Å². The van der Waals surface area contributed by atoms with E-state index in [-0.39, 0.29) is 18.6 Å². The van der Waals surface area contributed by atoms with E-state index in [9.17, 15) is 4.79 Å². The molecule has 25 heavy (non-hydrogen) atoms. The molecule has 0 radical (unpaired) electrons. The number of hydrogen-bond donors (Lipinski definition) is 1. The molecule has 2 heterocycles. The number of rotatable bonds is 4. The molecule has 5 nitrogen and oxygen atoms in total. The van der Waals surface area contributed by atoms with Gasteiger partial charge in [-0.3, -0.25) is 4.79 Å². The summed E-state index contributed by atoms with van der Waals surface area (Å²) in [6, 6.07) is 7.76. The lowest BCUT2D eigenvalue weighted by atomic mass is 10.0. The SMILES string of the molecule is O=C(NC1CCN(CC2CCCC2)CC1)C1COc2ccccc2O1. The molecule has 1 saturated heterocycles. The molecule has 1 amide bonds. The molecule has 1 atom stereocenters. The van der Waals surface area contributed by atoms with Crippen molar-refractivity contribution in [3.63, 3.8) is 0 Å². The number of nitrogens with zero attached hydrogens (tertiary/aromatic N) is 1. The van der Waals surface area contributed by atoms with E-state index >= 15 is 0 Å². The normalized spacial score (nSPS) is 25.0. The summed E-state index contributed by atoms with van der Waals surface area (Å²) in [6.07, 6.45) is 7.12. The number of benzene rings is 1. The molecule has 3 aliphatic rings. The van der Waals surface area contributed by atoms with Gasteiger partial charge in [0.1, 0.15) is 6.61 Å². The molecule has 1 unspecified atom stereocenters. The number of piperidine rings is 1. The predicted molar refractivity (Wildman–Crippen MR) is 95.9 cm³/mol. The molecule has 2 fully saturated rings. The average Bonchev–Trinajstić information content (AvgIpc) is 3.16. The van der Waals surface area contributed by atoms with Gasteiger partial charge in [-0.2, -0.15) is 0 Å². The fourth-order valence-electron chi connectivity index (χ4n) is 4.26. The second-order valence-corrected chi connectivity index (χ2v) is 7.60. The lowest BCUT2D eigenvalue weighted by Crippen LogP contribution is -2.51. The van der Waals surface area contributed by atoms with E-state index in [0.29, 0.717) is 11.5 Å². The summed E-state index contributed by atoms with van der Waals surface area (Å²) < 4.78 is 11.4. The van der Waals surface area contributed by atoms with Crippen LogP contribution in [-0.2, 0) is 4.79 Å². The summed E-state index contributed by atoms with van der Waals surface area (Å²) >= 11 is 0. The van der Waals surface area contributed by atoms with Gasteiger partial charge in [-0.15, -0.1) is 0 Å². The zero-order valence-corrected chi connectivity index (χ0v) is 14.8. The Morgan fingerprint density at radius 3 is 2.56 bits per heavy atom. The highest BCUT2D eigenvalue weighted by Crippen LogP contribution is 2.31. The Balaban J connectivity index is 1.23. The summed E-state index contributed by atoms with van der Waals surface area (Å²) in [7, 11) is 0. The minimum Gasteiger partial charge on any atom is -0.485 e. The van der Waals surface area contributed by atoms with E-state index in [1.54, 1.807) is 0 Å². The van der Waals surface area contributed by atoms with Gasteiger partial charge < -0.3 is 19.7 Å². The minimum atomic E-state index is -0.550. The molecule has 0 bridgehead atoms. The first-order valence-corrected chi connectivity index (χ1v) is 9.69. The van der Waals surface area contributed by atoms with E-state index < -0.39 is 6.10 Å². The first kappa shape index (κ1) is 16.7. The van der Waals surface area contributed by atoms with Crippen LogP contribution in [-0.4, -0.2) is 49.2 Å². The van der Waals surface area contributed by atoms with Crippen LogP contribution < -0.4 is 14.8 Å². The standard InChI is InChI=1S/C20H28N2O3/c23-20(19-14-24-17-7-3-4-8-18(17)25-19)21-16-9-11-22(12-10-16)13-15-5-1-2-6-15/h3-4,7-8,15-16,19H,1-2,5-6,9-14H2,(H,21,23). The Labute approximate surface area is 149 Å². The van der Waals surface area contributed by atoms with Crippen LogP contribution in [0.2, 0.25) is 0 Å². The van der Waals surface area contributed by atoms with Gasteiger partial charge in [-0.25, -0.2) is 0 Å². The highest BCUT2D eigenvalue weighted by atomic mass is 16.6. The zero-order valence-electron chi connectivity index (χ0n) is 14.8. The van der Waals surface area contributed by atoms with Gasteiger partial charge in [0.25, 0.3) is 5.91 Å². The molecular weight excluding hydrogens is 316 g/mol. The maximum Gasteiger partial charge on any atom is 0.264 e. The van der Waals surface area contributed by atoms with Crippen molar-refractivity contribution in [2.45, 2.75) is 50.7 Å². The first-order valence-electron chi connectivity index (χ1n) is 9.69. The highest BCUT2D eigenvalue weighted by molar-refractivity contribution is 5.82. The third-order valence-corrected chi connectivity index (χ3v) is 5.73. The summed E-state index contributed by atoms with van der Waals surface area (Å²) in [5.74, 6) is 2.22. The second-order valence-electron chi connectivity index (χ2n) is 7.60. The highest BCUT2D eigenvalue weighted by Gasteiger charge is 2.30. The summed E-state index contributed by atoms with van der Waals surface area (Å²) in [5.41, 5.74) is 0. The van der Waals surface area contributed by atoms with Crippen molar-refractivity contribution in [3.8, 4) is 11.5 Å². The third-order valence-electron chi connectivity index (χ3n) is 5.73. The van der Waals surface area contributed by atoms with Crippen LogP contribution in [0.25, 0.3) is 0 Å². The Kier molecular flexibility index (Phi) is 5.11. The number of carbonyl (C=O) groups is 1. The van der Waals surface area contributed by atoms with Gasteiger partial charge in [-0.1, -0.05) is 25.0 Å². The Morgan fingerprint density at radius 1 is 1.08 bits per heavy atom. The summed E-state index contributed by atoms with van der Waals surface area (Å²) in [6.45, 7) is 3.71. The molecule has 4 rings (SSSR count). The van der Waals surface area contributed by atoms with Crippen molar-refractivity contribution in [2.24, 2.45) is 5.92 Å². The molecule has 1 aromatic rings. The zero-order chi connectivity index (χ0) is 17.1. The van der Waals surface area contributed by atoms with Crippen molar-refractivity contribution in [1.82, 2.24) is 10.2 Å². The maximum atomic E-state index is 12.5. The fraction of sp³-hybridized carbons (Fsp3) is 0.650. The summed E-state index contributed by atoms with van der Waals surface area (Å²) in [5, 5.41) is 3.16. The molecule has 0 spiro atoms. The van der Waals surface area contributed by atoms with Gasteiger partial charge in [0.15, 0.2) is 11.5 Å². The Bertz CT molecular complexity index is 592. The quantitative estimate of drug-likeness (QED) is 0.912. The van der Waals surface area contributed by atoms with Crippen LogP contribution in [0.3, 0.4) is 0 Å². The van der Waals surface area contributed by atoms with Gasteiger partial charge in [0.05, 0.1) is 0 Å². The molecule has 1 aliphatic carbocycles. The van der Waals surface area contributed by atoms with E-state index in [4.69, 9.17) is 9.47 Å². The number of carbonyl (C=O) groups excluding carboxylic acids is 1. The topological polar surface area (TPSA) is 50.8 Å². The molecule has 5 heteroatoms. The predicted octanol–water partition coefficient (Wildman–Crippen LogP) is 2.60. The summed E-state index contributed by atoms with van der Waals surface area (Å²) in [4.78, 5) is 15.1. The van der Waals surface area contributed by atoms with Gasteiger partial charge in [-0.05, 0) is 43.7 Å². The van der Waals surface area contributed by atoms with Crippen LogP contribution in [0.1, 0.15) is 38.5 Å². The van der Waals surface area contributed by atoms with Crippen LogP contribution in [0, 0.1) is 5.92 Å². The van der Waals surface area contributed by atoms with E-state index in [0.717, 1.165) is 31.8 Å². The number of ether oxygens (including phenoxy) is 2. The fourth-order valence-corrected chi connectivity index (χ4v) is 4.26. The monoisotopic (exact) mass is 344 g/mol. The average molecular weight is 344 g/mol. The Hall–Kier alpha value is -1.75. The maximum absolute atomic E-state index is 12.5. The molecule has 136 valence electrons. The van der Waals surface area contributed by atoms with Gasteiger partial charge >= 0.3 is 0 Å². The van der Waals surface area contributed by atoms with Crippen molar-refractivity contribution in [3.05, 3.63) is 24.3 Å². The van der Waals surface area contributed by atoms with Crippen molar-refractivity contribution in [2.75, 3.05) is 26.2 Å². The Morgan fingerprint density at radius 2 is 1.80 bits per heavy atom. The van der Waals surface area contributed by atoms with Gasteiger partial charge in [0, 0.05) is 25.7 Å². The number of fused-ring (bicyclic) bond motifs is 1. The molecule has 2 aliphatic heterocycles. The molecular formula is C20H28N2O3. The van der Waals surface area contributed by atoms with E-state index in [1.807, 2.05) is 24.3 Å². The number of hydrogen-bond acceptors (Lipinski definition) is 4. The number of amides is 1. The minimum absolute atomic E-state index is 0.0521. The lowest BCUT2D eigenvalue weighted by molar-refractivity contribution is -0.131. The van der Waals surface area contributed by atoms with Crippen molar-refractivity contribution < 1.29 is 14.3 Å². The van der Waals surface area contributed by atoms with E-state index in [2.05, 4.69) is 10.2 Å². The second kappa shape index (κ2) is 7.65.